The van der Waals surface area contributed by atoms with Gasteiger partial charge >= 0.3 is 0 Å². The largest absolute Gasteiger partial charge is 0.330 e. The van der Waals surface area contributed by atoms with Crippen molar-refractivity contribution in [1.82, 2.24) is 9.78 Å². The lowest BCUT2D eigenvalue weighted by Crippen LogP contribution is -2.07. The van der Waals surface area contributed by atoms with E-state index in [0.717, 1.165) is 23.0 Å². The highest BCUT2D eigenvalue weighted by Gasteiger charge is 2.06. The number of nitrogens with zero attached hydrogens (tertiary/aromatic N) is 2. The van der Waals surface area contributed by atoms with E-state index in [0.29, 0.717) is 6.54 Å². The fraction of sp³-hybridized carbons (Fsp3) is 0.364. The lowest BCUT2D eigenvalue weighted by Gasteiger charge is -2.01. The first-order valence-electron chi connectivity index (χ1n) is 5.05. The van der Waals surface area contributed by atoms with Crippen molar-refractivity contribution in [1.29, 1.82) is 0 Å². The predicted octanol–water partition coefficient (Wildman–Crippen LogP) is 2.46. The topological polar surface area (TPSA) is 43.8 Å². The van der Waals surface area contributed by atoms with Crippen LogP contribution in [0, 0.1) is 6.92 Å². The Morgan fingerprint density at radius 3 is 3.00 bits per heavy atom. The van der Waals surface area contributed by atoms with Gasteiger partial charge in [-0.05, 0) is 38.1 Å². The molecule has 0 bridgehead atoms. The summed E-state index contributed by atoms with van der Waals surface area (Å²) in [6, 6.07) is 6.16. The quantitative estimate of drug-likeness (QED) is 0.929. The second kappa shape index (κ2) is 4.33. The molecule has 0 aliphatic carbocycles. The summed E-state index contributed by atoms with van der Waals surface area (Å²) in [5, 5.41) is 5.74. The van der Waals surface area contributed by atoms with Crippen LogP contribution in [0.3, 0.4) is 0 Å². The minimum atomic E-state index is 0.708. The predicted molar refractivity (Wildman–Crippen MR) is 65.8 cm³/mol. The van der Waals surface area contributed by atoms with E-state index in [-0.39, 0.29) is 0 Å². The van der Waals surface area contributed by atoms with Gasteiger partial charge in [0.1, 0.15) is 0 Å². The van der Waals surface area contributed by atoms with Crippen LogP contribution in [0.4, 0.5) is 0 Å². The lowest BCUT2D eigenvalue weighted by atomic mass is 10.2. The van der Waals surface area contributed by atoms with Gasteiger partial charge in [0.2, 0.25) is 0 Å². The summed E-state index contributed by atoms with van der Waals surface area (Å²) in [4.78, 5) is 0. The maximum Gasteiger partial charge on any atom is 0.0926 e. The fourth-order valence-electron chi connectivity index (χ4n) is 1.69. The standard InChI is InChI=1S/C11H14BrN3/c1-8-10-7-9(12)3-4-11(10)14-15(8)6-2-5-13/h3-4,7H,2,5-6,13H2,1H3. The van der Waals surface area contributed by atoms with E-state index < -0.39 is 0 Å². The Morgan fingerprint density at radius 1 is 1.47 bits per heavy atom. The van der Waals surface area contributed by atoms with Crippen LogP contribution in [-0.2, 0) is 6.54 Å². The Kier molecular flexibility index (Phi) is 3.07. The summed E-state index contributed by atoms with van der Waals surface area (Å²) in [5.74, 6) is 0. The van der Waals surface area contributed by atoms with Crippen molar-refractivity contribution in [3.05, 3.63) is 28.4 Å². The van der Waals surface area contributed by atoms with Crippen LogP contribution in [0.1, 0.15) is 12.1 Å². The molecule has 2 rings (SSSR count). The summed E-state index contributed by atoms with van der Waals surface area (Å²) in [6.07, 6.45) is 0.968. The van der Waals surface area contributed by atoms with Crippen LogP contribution in [0.15, 0.2) is 22.7 Å². The van der Waals surface area contributed by atoms with Gasteiger partial charge in [0.05, 0.1) is 5.52 Å². The Labute approximate surface area is 97.4 Å². The minimum Gasteiger partial charge on any atom is -0.330 e. The fourth-order valence-corrected chi connectivity index (χ4v) is 2.05. The number of aromatic nitrogens is 2. The van der Waals surface area contributed by atoms with Gasteiger partial charge in [-0.1, -0.05) is 15.9 Å². The van der Waals surface area contributed by atoms with Crippen LogP contribution in [0.5, 0.6) is 0 Å². The molecule has 0 unspecified atom stereocenters. The first-order chi connectivity index (χ1) is 7.22. The summed E-state index contributed by atoms with van der Waals surface area (Å²) < 4.78 is 3.13. The maximum atomic E-state index is 5.50. The molecular formula is C11H14BrN3. The van der Waals surface area contributed by atoms with Gasteiger partial charge in [0.15, 0.2) is 0 Å². The molecule has 0 fully saturated rings. The first-order valence-corrected chi connectivity index (χ1v) is 5.84. The number of hydrogen-bond acceptors (Lipinski definition) is 2. The number of aryl methyl sites for hydroxylation is 2. The number of nitrogens with two attached hydrogens (primary N) is 1. The summed E-state index contributed by atoms with van der Waals surface area (Å²) in [5.41, 5.74) is 7.75. The Balaban J connectivity index is 2.45. The zero-order valence-electron chi connectivity index (χ0n) is 8.70. The van der Waals surface area contributed by atoms with Crippen molar-refractivity contribution < 1.29 is 0 Å². The van der Waals surface area contributed by atoms with E-state index in [1.54, 1.807) is 0 Å². The van der Waals surface area contributed by atoms with Gasteiger partial charge in [0, 0.05) is 22.1 Å². The van der Waals surface area contributed by atoms with Gasteiger partial charge in [-0.25, -0.2) is 0 Å². The highest BCUT2D eigenvalue weighted by Crippen LogP contribution is 2.22. The number of rotatable bonds is 3. The van der Waals surface area contributed by atoms with Gasteiger partial charge in [0.25, 0.3) is 0 Å². The average molecular weight is 268 g/mol. The van der Waals surface area contributed by atoms with Gasteiger partial charge in [-0.3, -0.25) is 4.68 Å². The van der Waals surface area contributed by atoms with Crippen molar-refractivity contribution in [2.45, 2.75) is 19.9 Å². The summed E-state index contributed by atoms with van der Waals surface area (Å²) >= 11 is 3.47. The van der Waals surface area contributed by atoms with Crippen molar-refractivity contribution in [3.63, 3.8) is 0 Å². The van der Waals surface area contributed by atoms with Crippen LogP contribution in [0.2, 0.25) is 0 Å². The number of benzene rings is 1. The minimum absolute atomic E-state index is 0.708. The summed E-state index contributed by atoms with van der Waals surface area (Å²) in [7, 11) is 0. The molecule has 1 aromatic carbocycles. The smallest absolute Gasteiger partial charge is 0.0926 e. The van der Waals surface area contributed by atoms with E-state index >= 15 is 0 Å². The first kappa shape index (κ1) is 10.6. The van der Waals surface area contributed by atoms with E-state index in [1.807, 2.05) is 16.8 Å². The Hall–Kier alpha value is -0.870. The Bertz CT molecular complexity index is 476. The SMILES string of the molecule is Cc1c2cc(Br)ccc2nn1CCCN. The second-order valence-corrected chi connectivity index (χ2v) is 4.53. The number of fused-ring (bicyclic) bond motifs is 1. The maximum absolute atomic E-state index is 5.50. The third-order valence-electron chi connectivity index (χ3n) is 2.54. The molecule has 0 saturated heterocycles. The molecule has 2 aromatic rings. The highest BCUT2D eigenvalue weighted by atomic mass is 79.9. The molecule has 4 heteroatoms. The van der Waals surface area contributed by atoms with Crippen LogP contribution >= 0.6 is 15.9 Å². The second-order valence-electron chi connectivity index (χ2n) is 3.61. The third-order valence-corrected chi connectivity index (χ3v) is 3.03. The normalized spacial score (nSPS) is 11.1. The third kappa shape index (κ3) is 2.06. The van der Waals surface area contributed by atoms with Crippen LogP contribution in [-0.4, -0.2) is 16.3 Å². The van der Waals surface area contributed by atoms with Gasteiger partial charge in [-0.2, -0.15) is 5.10 Å². The van der Waals surface area contributed by atoms with Crippen molar-refractivity contribution in [2.75, 3.05) is 6.54 Å². The van der Waals surface area contributed by atoms with Crippen LogP contribution in [0.25, 0.3) is 10.9 Å². The Morgan fingerprint density at radius 2 is 2.27 bits per heavy atom. The molecule has 0 atom stereocenters. The molecule has 15 heavy (non-hydrogen) atoms. The molecule has 80 valence electrons. The number of hydrogen-bond donors (Lipinski definition) is 1. The molecule has 0 saturated carbocycles. The zero-order valence-corrected chi connectivity index (χ0v) is 10.3. The molecule has 0 aliphatic rings. The van der Waals surface area contributed by atoms with Crippen molar-refractivity contribution >= 4 is 26.8 Å². The van der Waals surface area contributed by atoms with E-state index in [9.17, 15) is 0 Å². The molecule has 0 radical (unpaired) electrons. The summed E-state index contributed by atoms with van der Waals surface area (Å²) in [6.45, 7) is 3.70. The van der Waals surface area contributed by atoms with Gasteiger partial charge < -0.3 is 5.73 Å². The van der Waals surface area contributed by atoms with Gasteiger partial charge in [-0.15, -0.1) is 0 Å². The highest BCUT2D eigenvalue weighted by molar-refractivity contribution is 9.10. The van der Waals surface area contributed by atoms with Crippen molar-refractivity contribution in [2.24, 2.45) is 5.73 Å². The zero-order chi connectivity index (χ0) is 10.8. The molecule has 3 nitrogen and oxygen atoms in total. The molecule has 0 amide bonds. The number of halogens is 1. The monoisotopic (exact) mass is 267 g/mol. The molecule has 1 heterocycles. The molecule has 2 N–H and O–H groups in total. The van der Waals surface area contributed by atoms with Crippen molar-refractivity contribution in [3.8, 4) is 0 Å². The molecule has 0 aliphatic heterocycles. The van der Waals surface area contributed by atoms with E-state index in [1.165, 1.54) is 11.1 Å². The van der Waals surface area contributed by atoms with E-state index in [2.05, 4.69) is 34.0 Å². The average Bonchev–Trinajstić information content (AvgIpc) is 2.53. The lowest BCUT2D eigenvalue weighted by molar-refractivity contribution is 0.576. The van der Waals surface area contributed by atoms with E-state index in [4.69, 9.17) is 5.73 Å². The molecule has 1 aromatic heterocycles. The van der Waals surface area contributed by atoms with Crippen LogP contribution < -0.4 is 5.73 Å². The molecule has 0 spiro atoms. The molecular weight excluding hydrogens is 254 g/mol.